The molecule has 0 bridgehead atoms. The third kappa shape index (κ3) is 29.7. The molecular formula is C59H102N7O30P. The van der Waals surface area contributed by atoms with E-state index in [1.807, 2.05) is 0 Å². The Balaban J connectivity index is 1.35. The van der Waals surface area contributed by atoms with Gasteiger partial charge in [0.1, 0.15) is 78.8 Å². The van der Waals surface area contributed by atoms with Crippen molar-refractivity contribution in [2.24, 2.45) is 0 Å². The van der Waals surface area contributed by atoms with E-state index in [0.29, 0.717) is 5.56 Å². The molecule has 0 aliphatic carbocycles. The zero-order chi connectivity index (χ0) is 71.7. The average molecular weight is 1420 g/mol. The third-order valence-electron chi connectivity index (χ3n) is 14.9. The van der Waals surface area contributed by atoms with Crippen molar-refractivity contribution >= 4 is 43.0 Å². The largest absolute Gasteiger partial charge is 0.424 e. The third-order valence-corrected chi connectivity index (χ3v) is 17.1. The van der Waals surface area contributed by atoms with Gasteiger partial charge in [0.15, 0.2) is 18.9 Å². The minimum Gasteiger partial charge on any atom is -0.424 e. The molecule has 4 rings (SSSR count). The molecule has 3 saturated heterocycles. The van der Waals surface area contributed by atoms with Crippen molar-refractivity contribution < 1.29 is 146 Å². The number of rotatable bonds is 46. The first-order chi connectivity index (χ1) is 46.1. The van der Waals surface area contributed by atoms with E-state index < -0.39 is 179 Å². The highest BCUT2D eigenvalue weighted by Crippen LogP contribution is 2.54. The van der Waals surface area contributed by atoms with E-state index in [9.17, 15) is 84.2 Å². The van der Waals surface area contributed by atoms with Crippen molar-refractivity contribution in [3.8, 4) is 5.75 Å². The standard InChI is InChI=1S/C59H102N7O30P/c1-35(70)63-46-52(78)49(75)41(32-67)93-56(46)90-26-23-87-20-17-84-14-11-60-44(73)30-66(31-45(74)61-12-15-85-18-21-88-24-27-91-57-47(64-36(2)71)53(79)50(76)42(33-68)94-57)40(29-38-7-9-39(10-8-38)96-97(82,83)59(4,5)6)55(81)62-13-16-86-19-22-89-25-28-92-58-48(65-37(3)72)54(80)51(77)43(34-69)95-58/h7-10,40-43,46-54,56-58,67-69,75-80H,11-34H2,1-6H3,(H,60,73)(H,61,74)(H,62,81)(H,63,70)(H,64,71)(H,65,72)(H,82,83). The Morgan fingerprint density at radius 1 is 0.485 bits per heavy atom. The zero-order valence-electron chi connectivity index (χ0n) is 55.5. The molecule has 38 heteroatoms. The molecule has 1 aromatic carbocycles. The molecule has 17 atom stereocenters. The predicted octanol–water partition coefficient (Wildman–Crippen LogP) is -7.41. The van der Waals surface area contributed by atoms with Crippen LogP contribution in [0, 0.1) is 0 Å². The van der Waals surface area contributed by atoms with Crippen LogP contribution in [0.3, 0.4) is 0 Å². The molecule has 0 spiro atoms. The van der Waals surface area contributed by atoms with E-state index in [1.54, 1.807) is 32.9 Å². The van der Waals surface area contributed by atoms with Gasteiger partial charge in [0.25, 0.3) is 0 Å². The van der Waals surface area contributed by atoms with Gasteiger partial charge in [-0.15, -0.1) is 0 Å². The molecule has 3 aliphatic heterocycles. The molecule has 0 radical (unpaired) electrons. The fourth-order valence-electron chi connectivity index (χ4n) is 9.70. The highest BCUT2D eigenvalue weighted by atomic mass is 31.2. The summed E-state index contributed by atoms with van der Waals surface area (Å²) in [7, 11) is -4.15. The lowest BCUT2D eigenvalue weighted by molar-refractivity contribution is -0.272. The number of aliphatic hydroxyl groups is 9. The van der Waals surface area contributed by atoms with Gasteiger partial charge in [0.05, 0.1) is 143 Å². The maximum Gasteiger partial charge on any atom is 0.381 e. The van der Waals surface area contributed by atoms with Crippen LogP contribution in [0.5, 0.6) is 5.75 Å². The van der Waals surface area contributed by atoms with Crippen molar-refractivity contribution in [2.75, 3.05) is 152 Å². The van der Waals surface area contributed by atoms with E-state index >= 15 is 0 Å². The average Bonchev–Trinajstić information content (AvgIpc) is 0.837. The number of ether oxygens (including phenoxy) is 12. The summed E-state index contributed by atoms with van der Waals surface area (Å²) in [5.41, 5.74) is 0.502. The fraction of sp³-hybridized carbons (Fsp3) is 0.797. The summed E-state index contributed by atoms with van der Waals surface area (Å²) in [4.78, 5) is 89.1. The summed E-state index contributed by atoms with van der Waals surface area (Å²) in [5.74, 6) is -3.30. The molecule has 3 aliphatic rings. The number of aliphatic hydroxyl groups excluding tert-OH is 9. The monoisotopic (exact) mass is 1420 g/mol. The summed E-state index contributed by atoms with van der Waals surface area (Å²) < 4.78 is 85.7. The van der Waals surface area contributed by atoms with Crippen LogP contribution in [-0.4, -0.2) is 346 Å². The maximum atomic E-state index is 14.4. The van der Waals surface area contributed by atoms with Crippen LogP contribution in [0.1, 0.15) is 47.1 Å². The summed E-state index contributed by atoms with van der Waals surface area (Å²) >= 11 is 0. The molecule has 3 heterocycles. The summed E-state index contributed by atoms with van der Waals surface area (Å²) in [6.45, 7) is 5.54. The Labute approximate surface area is 562 Å². The first kappa shape index (κ1) is 84.6. The van der Waals surface area contributed by atoms with Gasteiger partial charge in [-0.25, -0.2) is 4.57 Å². The molecule has 17 unspecified atom stereocenters. The topological polar surface area (TPSA) is 517 Å². The molecule has 558 valence electrons. The van der Waals surface area contributed by atoms with Crippen LogP contribution in [0.15, 0.2) is 24.3 Å². The van der Waals surface area contributed by atoms with Gasteiger partial charge in [-0.05, 0) is 44.9 Å². The highest BCUT2D eigenvalue weighted by Gasteiger charge is 2.48. The molecule has 37 nitrogen and oxygen atoms in total. The summed E-state index contributed by atoms with van der Waals surface area (Å²) in [6, 6.07) is 1.40. The van der Waals surface area contributed by atoms with Gasteiger partial charge in [-0.1, -0.05) is 12.1 Å². The Morgan fingerprint density at radius 3 is 1.10 bits per heavy atom. The number of hydrogen-bond acceptors (Lipinski definition) is 30. The lowest BCUT2D eigenvalue weighted by atomic mass is 9.97. The van der Waals surface area contributed by atoms with Crippen molar-refractivity contribution in [2.45, 2.75) is 151 Å². The highest BCUT2D eigenvalue weighted by molar-refractivity contribution is 7.54. The van der Waals surface area contributed by atoms with E-state index in [1.165, 1.54) is 37.8 Å². The molecule has 6 amide bonds. The molecule has 0 saturated carbocycles. The molecule has 3 fully saturated rings. The van der Waals surface area contributed by atoms with E-state index in [2.05, 4.69) is 31.9 Å². The summed E-state index contributed by atoms with van der Waals surface area (Å²) in [6.07, 6.45) is -16.2. The van der Waals surface area contributed by atoms with E-state index in [0.717, 1.165) is 0 Å². The number of amides is 6. The summed E-state index contributed by atoms with van der Waals surface area (Å²) in [5, 5.41) is 106. The molecule has 16 N–H and O–H groups in total. The Hall–Kier alpha value is -4.85. The second-order valence-corrected chi connectivity index (χ2v) is 26.2. The number of benzene rings is 1. The van der Waals surface area contributed by atoms with Crippen molar-refractivity contribution in [3.63, 3.8) is 0 Å². The van der Waals surface area contributed by atoms with E-state index in [-0.39, 0.29) is 131 Å². The maximum absolute atomic E-state index is 14.4. The number of carbonyl (C=O) groups is 6. The first-order valence-corrected chi connectivity index (χ1v) is 33.4. The van der Waals surface area contributed by atoms with Crippen LogP contribution in [0.4, 0.5) is 0 Å². The zero-order valence-corrected chi connectivity index (χ0v) is 56.4. The Morgan fingerprint density at radius 2 is 0.794 bits per heavy atom. The van der Waals surface area contributed by atoms with E-state index in [4.69, 9.17) is 61.4 Å². The fourth-order valence-corrected chi connectivity index (χ4v) is 10.4. The number of nitrogens with one attached hydrogen (secondary N) is 6. The molecule has 0 aromatic heterocycles. The van der Waals surface area contributed by atoms with Crippen molar-refractivity contribution in [1.29, 1.82) is 0 Å². The Bertz CT molecular complexity index is 2450. The molecular weight excluding hydrogens is 1320 g/mol. The minimum atomic E-state index is -4.15. The number of carbonyl (C=O) groups excluding carboxylic acids is 6. The quantitative estimate of drug-likeness (QED) is 0.0213. The number of hydrogen-bond donors (Lipinski definition) is 16. The van der Waals surface area contributed by atoms with Crippen molar-refractivity contribution in [3.05, 3.63) is 29.8 Å². The van der Waals surface area contributed by atoms with Gasteiger partial charge < -0.3 is 144 Å². The van der Waals surface area contributed by atoms with Gasteiger partial charge in [0.2, 0.25) is 35.4 Å². The van der Waals surface area contributed by atoms with Crippen LogP contribution in [-0.2, 0) is 96.6 Å². The van der Waals surface area contributed by atoms with Gasteiger partial charge in [0, 0.05) is 40.4 Å². The first-order valence-electron chi connectivity index (χ1n) is 31.8. The second kappa shape index (κ2) is 44.4. The number of nitrogens with zero attached hydrogens (tertiary/aromatic N) is 1. The van der Waals surface area contributed by atoms with Gasteiger partial charge in [-0.2, -0.15) is 0 Å². The van der Waals surface area contributed by atoms with Gasteiger partial charge >= 0.3 is 7.60 Å². The van der Waals surface area contributed by atoms with Crippen LogP contribution < -0.4 is 36.4 Å². The van der Waals surface area contributed by atoms with Crippen molar-refractivity contribution in [1.82, 2.24) is 36.8 Å². The lowest BCUT2D eigenvalue weighted by Gasteiger charge is -2.42. The predicted molar refractivity (Wildman–Crippen MR) is 334 cm³/mol. The Kier molecular flexibility index (Phi) is 38.7. The smallest absolute Gasteiger partial charge is 0.381 e. The van der Waals surface area contributed by atoms with Crippen LogP contribution >= 0.6 is 7.60 Å². The lowest BCUT2D eigenvalue weighted by Crippen LogP contribution is -2.64. The minimum absolute atomic E-state index is 0.00484. The van der Waals surface area contributed by atoms with Crippen LogP contribution in [0.2, 0.25) is 0 Å². The SMILES string of the molecule is CC(=O)NC1C(OCCOCCOCCNC(=O)CN(CC(=O)NCCOCCOCCOC2OC(CO)C(O)C(O)C2NC(C)=O)C(Cc2ccc(OP(=O)(O)C(C)(C)C)cc2)C(=O)NCCOCCOCCOC2OC(CO)C(O)C(O)C2NC(C)=O)OC(CO)C(O)C1O. The van der Waals surface area contributed by atoms with Gasteiger partial charge in [-0.3, -0.25) is 33.7 Å². The second-order valence-electron chi connectivity index (χ2n) is 23.6. The molecule has 97 heavy (non-hydrogen) atoms. The normalized spacial score (nSPS) is 26.9. The van der Waals surface area contributed by atoms with Crippen LogP contribution in [0.25, 0.3) is 0 Å². The molecule has 1 aromatic rings.